The van der Waals surface area contributed by atoms with E-state index in [4.69, 9.17) is 33.2 Å². The predicted molar refractivity (Wildman–Crippen MR) is 87.5 cm³/mol. The van der Waals surface area contributed by atoms with Crippen molar-refractivity contribution in [1.82, 2.24) is 0 Å². The summed E-state index contributed by atoms with van der Waals surface area (Å²) in [4.78, 5) is 0. The SMILES string of the molecule is COCCOCCOCCOCCOC[C@H]1O[C@H](OC)C[C@@H](O)[C@H]1O. The number of aliphatic hydroxyl groups is 2. The second-order valence-electron chi connectivity index (χ2n) is 5.54. The molecule has 0 saturated carbocycles. The predicted octanol–water partition coefficient (Wildman–Crippen LogP) is -0.818. The van der Waals surface area contributed by atoms with Crippen LogP contribution in [0.15, 0.2) is 0 Å². The first-order valence-corrected chi connectivity index (χ1v) is 8.53. The molecule has 1 fully saturated rings. The summed E-state index contributed by atoms with van der Waals surface area (Å²) in [7, 11) is 3.12. The van der Waals surface area contributed by atoms with Crippen LogP contribution in [0.1, 0.15) is 6.42 Å². The molecule has 0 aliphatic carbocycles. The number of methoxy groups -OCH3 is 2. The lowest BCUT2D eigenvalue weighted by atomic mass is 10.0. The Kier molecular flexibility index (Phi) is 13.4. The molecule has 0 bridgehead atoms. The molecule has 1 saturated heterocycles. The van der Waals surface area contributed by atoms with Crippen molar-refractivity contribution in [2.24, 2.45) is 0 Å². The Hall–Kier alpha value is -0.360. The second kappa shape index (κ2) is 14.8. The molecule has 9 heteroatoms. The minimum atomic E-state index is -0.980. The fourth-order valence-electron chi connectivity index (χ4n) is 2.21. The summed E-state index contributed by atoms with van der Waals surface area (Å²) >= 11 is 0. The molecule has 4 atom stereocenters. The molecule has 0 aromatic carbocycles. The van der Waals surface area contributed by atoms with E-state index in [1.165, 1.54) is 7.11 Å². The van der Waals surface area contributed by atoms with E-state index in [9.17, 15) is 10.2 Å². The molecule has 1 rings (SSSR count). The molecule has 2 N–H and O–H groups in total. The van der Waals surface area contributed by atoms with Crippen molar-refractivity contribution in [1.29, 1.82) is 0 Å². The highest BCUT2D eigenvalue weighted by molar-refractivity contribution is 4.82. The lowest BCUT2D eigenvalue weighted by molar-refractivity contribution is -0.252. The molecule has 9 nitrogen and oxygen atoms in total. The van der Waals surface area contributed by atoms with Crippen LogP contribution in [-0.4, -0.2) is 108 Å². The van der Waals surface area contributed by atoms with Crippen LogP contribution in [0.5, 0.6) is 0 Å². The Morgan fingerprint density at radius 2 is 1.32 bits per heavy atom. The molecular formula is C16H32O9. The summed E-state index contributed by atoms with van der Waals surface area (Å²) in [6.07, 6.45) is -2.76. The van der Waals surface area contributed by atoms with Crippen LogP contribution in [-0.2, 0) is 33.2 Å². The van der Waals surface area contributed by atoms with Gasteiger partial charge in [0.15, 0.2) is 6.29 Å². The highest BCUT2D eigenvalue weighted by Gasteiger charge is 2.36. The van der Waals surface area contributed by atoms with Crippen molar-refractivity contribution in [2.45, 2.75) is 31.0 Å². The topological polar surface area (TPSA) is 105 Å². The molecule has 0 amide bonds. The molecule has 1 aliphatic heterocycles. The van der Waals surface area contributed by atoms with Crippen LogP contribution in [0.3, 0.4) is 0 Å². The van der Waals surface area contributed by atoms with Crippen LogP contribution in [0, 0.1) is 0 Å². The summed E-state index contributed by atoms with van der Waals surface area (Å²) in [6.45, 7) is 4.08. The second-order valence-corrected chi connectivity index (χ2v) is 5.54. The zero-order valence-corrected chi connectivity index (χ0v) is 15.1. The fraction of sp³-hybridized carbons (Fsp3) is 1.00. The molecule has 0 aromatic rings. The Morgan fingerprint density at radius 3 is 1.84 bits per heavy atom. The number of hydrogen-bond donors (Lipinski definition) is 2. The van der Waals surface area contributed by atoms with Gasteiger partial charge in [-0.15, -0.1) is 0 Å². The molecule has 0 aromatic heterocycles. The highest BCUT2D eigenvalue weighted by atomic mass is 16.7. The lowest BCUT2D eigenvalue weighted by Gasteiger charge is -2.36. The number of rotatable bonds is 15. The Balaban J connectivity index is 1.90. The van der Waals surface area contributed by atoms with E-state index in [-0.39, 0.29) is 13.0 Å². The van der Waals surface area contributed by atoms with Gasteiger partial charge in [0, 0.05) is 20.6 Å². The third-order valence-electron chi connectivity index (χ3n) is 3.63. The first-order valence-electron chi connectivity index (χ1n) is 8.53. The number of aliphatic hydroxyl groups excluding tert-OH is 2. The van der Waals surface area contributed by atoms with Crippen LogP contribution < -0.4 is 0 Å². The summed E-state index contributed by atoms with van der Waals surface area (Å²) in [5.41, 5.74) is 0. The number of hydrogen-bond acceptors (Lipinski definition) is 9. The van der Waals surface area contributed by atoms with E-state index >= 15 is 0 Å². The third-order valence-corrected chi connectivity index (χ3v) is 3.63. The molecule has 0 radical (unpaired) electrons. The first-order chi connectivity index (χ1) is 12.2. The van der Waals surface area contributed by atoms with Crippen molar-refractivity contribution < 1.29 is 43.4 Å². The molecule has 0 unspecified atom stereocenters. The Labute approximate surface area is 149 Å². The van der Waals surface area contributed by atoms with Crippen molar-refractivity contribution >= 4 is 0 Å². The summed E-state index contributed by atoms with van der Waals surface area (Å²) in [6, 6.07) is 0. The van der Waals surface area contributed by atoms with Gasteiger partial charge in [-0.05, 0) is 0 Å². The zero-order valence-electron chi connectivity index (χ0n) is 15.1. The maximum absolute atomic E-state index is 9.87. The summed E-state index contributed by atoms with van der Waals surface area (Å²) < 4.78 is 36.8. The van der Waals surface area contributed by atoms with E-state index in [2.05, 4.69) is 0 Å². The molecule has 150 valence electrons. The van der Waals surface area contributed by atoms with Crippen LogP contribution in [0.25, 0.3) is 0 Å². The quantitative estimate of drug-likeness (QED) is 0.359. The summed E-state index contributed by atoms with van der Waals surface area (Å²) in [5, 5.41) is 19.6. The van der Waals surface area contributed by atoms with Crippen molar-refractivity contribution in [3.63, 3.8) is 0 Å². The van der Waals surface area contributed by atoms with Crippen molar-refractivity contribution in [2.75, 3.05) is 73.7 Å². The summed E-state index contributed by atoms with van der Waals surface area (Å²) in [5.74, 6) is 0. The highest BCUT2D eigenvalue weighted by Crippen LogP contribution is 2.21. The van der Waals surface area contributed by atoms with Gasteiger partial charge in [-0.2, -0.15) is 0 Å². The average Bonchev–Trinajstić information content (AvgIpc) is 2.62. The van der Waals surface area contributed by atoms with Gasteiger partial charge in [0.05, 0.1) is 65.6 Å². The normalized spacial score (nSPS) is 26.9. The van der Waals surface area contributed by atoms with E-state index in [1.807, 2.05) is 0 Å². The van der Waals surface area contributed by atoms with Crippen LogP contribution >= 0.6 is 0 Å². The van der Waals surface area contributed by atoms with Crippen LogP contribution in [0.4, 0.5) is 0 Å². The smallest absolute Gasteiger partial charge is 0.160 e. The van der Waals surface area contributed by atoms with E-state index in [0.717, 1.165) is 0 Å². The van der Waals surface area contributed by atoms with E-state index < -0.39 is 24.6 Å². The largest absolute Gasteiger partial charge is 0.390 e. The molecule has 1 heterocycles. The van der Waals surface area contributed by atoms with Gasteiger partial charge < -0.3 is 43.4 Å². The maximum Gasteiger partial charge on any atom is 0.160 e. The van der Waals surface area contributed by atoms with Gasteiger partial charge in [-0.3, -0.25) is 0 Å². The Bertz CT molecular complexity index is 305. The third kappa shape index (κ3) is 10.4. The van der Waals surface area contributed by atoms with Crippen LogP contribution in [0.2, 0.25) is 0 Å². The standard InChI is InChI=1S/C16H32O9/c1-19-3-4-21-5-6-22-7-8-23-9-10-24-12-14-16(18)13(17)11-15(20-2)25-14/h13-18H,3-12H2,1-2H3/t13-,14-,15+,16-/m1/s1. The fourth-order valence-corrected chi connectivity index (χ4v) is 2.21. The van der Waals surface area contributed by atoms with Gasteiger partial charge in [0.2, 0.25) is 0 Å². The van der Waals surface area contributed by atoms with Gasteiger partial charge >= 0.3 is 0 Å². The molecule has 25 heavy (non-hydrogen) atoms. The lowest BCUT2D eigenvalue weighted by Crippen LogP contribution is -2.50. The van der Waals surface area contributed by atoms with Gasteiger partial charge in [-0.1, -0.05) is 0 Å². The van der Waals surface area contributed by atoms with E-state index in [1.54, 1.807) is 7.11 Å². The molecular weight excluding hydrogens is 336 g/mol. The van der Waals surface area contributed by atoms with Gasteiger partial charge in [0.1, 0.15) is 12.2 Å². The Morgan fingerprint density at radius 1 is 0.800 bits per heavy atom. The first kappa shape index (κ1) is 22.7. The minimum Gasteiger partial charge on any atom is -0.390 e. The maximum atomic E-state index is 9.87. The monoisotopic (exact) mass is 368 g/mol. The molecule has 0 spiro atoms. The van der Waals surface area contributed by atoms with Crippen molar-refractivity contribution in [3.05, 3.63) is 0 Å². The van der Waals surface area contributed by atoms with Gasteiger partial charge in [-0.25, -0.2) is 0 Å². The molecule has 1 aliphatic rings. The number of ether oxygens (including phenoxy) is 7. The van der Waals surface area contributed by atoms with E-state index in [0.29, 0.717) is 52.9 Å². The average molecular weight is 368 g/mol. The van der Waals surface area contributed by atoms with Gasteiger partial charge in [0.25, 0.3) is 0 Å². The van der Waals surface area contributed by atoms with Crippen molar-refractivity contribution in [3.8, 4) is 0 Å². The minimum absolute atomic E-state index is 0.163. The zero-order chi connectivity index (χ0) is 18.3.